The van der Waals surface area contributed by atoms with E-state index in [1.807, 2.05) is 12.1 Å². The van der Waals surface area contributed by atoms with E-state index in [0.29, 0.717) is 11.4 Å². The maximum atomic E-state index is 12.3. The van der Waals surface area contributed by atoms with Crippen LogP contribution in [0, 0.1) is 0 Å². The number of carbonyl (C=O) groups is 2. The maximum absolute atomic E-state index is 12.3. The molecule has 0 aliphatic carbocycles. The van der Waals surface area contributed by atoms with Gasteiger partial charge in [0.1, 0.15) is 5.69 Å². The van der Waals surface area contributed by atoms with Crippen LogP contribution < -0.4 is 16.2 Å². The van der Waals surface area contributed by atoms with Gasteiger partial charge in [-0.1, -0.05) is 40.2 Å². The van der Waals surface area contributed by atoms with E-state index in [9.17, 15) is 14.4 Å². The third kappa shape index (κ3) is 5.37. The van der Waals surface area contributed by atoms with Crippen LogP contribution in [0.2, 0.25) is 0 Å². The normalized spacial score (nSPS) is 10.3. The Morgan fingerprint density at radius 1 is 0.929 bits per heavy atom. The Morgan fingerprint density at radius 2 is 1.68 bits per heavy atom. The van der Waals surface area contributed by atoms with Gasteiger partial charge in [0.15, 0.2) is 0 Å². The standard InChI is InChI=1S/C20H17BrN4O3/c21-14-5-4-8-16(13-14)22-18(26)11-12-25-19(27)10-9-17(24-25)20(28)23-15-6-2-1-3-7-15/h1-10,13H,11-12H2,(H,22,26)(H,23,28). The van der Waals surface area contributed by atoms with Gasteiger partial charge in [-0.15, -0.1) is 0 Å². The molecule has 1 heterocycles. The van der Waals surface area contributed by atoms with Gasteiger partial charge in [-0.2, -0.15) is 5.10 Å². The van der Waals surface area contributed by atoms with Gasteiger partial charge in [0, 0.05) is 28.3 Å². The molecule has 3 aromatic rings. The molecule has 0 atom stereocenters. The van der Waals surface area contributed by atoms with E-state index in [2.05, 4.69) is 31.7 Å². The van der Waals surface area contributed by atoms with E-state index in [1.54, 1.807) is 42.5 Å². The molecule has 0 unspecified atom stereocenters. The van der Waals surface area contributed by atoms with Crippen molar-refractivity contribution in [2.45, 2.75) is 13.0 Å². The molecule has 2 aromatic carbocycles. The summed E-state index contributed by atoms with van der Waals surface area (Å²) in [6.45, 7) is 0.0606. The number of aryl methyl sites for hydroxylation is 1. The Balaban J connectivity index is 1.64. The molecule has 2 N–H and O–H groups in total. The number of nitrogens with zero attached hydrogens (tertiary/aromatic N) is 2. The number of halogens is 1. The average molecular weight is 441 g/mol. The van der Waals surface area contributed by atoms with Crippen molar-refractivity contribution < 1.29 is 9.59 Å². The van der Waals surface area contributed by atoms with Crippen LogP contribution in [-0.4, -0.2) is 21.6 Å². The van der Waals surface area contributed by atoms with Gasteiger partial charge in [-0.05, 0) is 36.4 Å². The zero-order valence-electron chi connectivity index (χ0n) is 14.8. The number of amides is 2. The fourth-order valence-corrected chi connectivity index (χ4v) is 2.84. The third-order valence-electron chi connectivity index (χ3n) is 3.79. The molecule has 0 fully saturated rings. The van der Waals surface area contributed by atoms with Gasteiger partial charge in [0.2, 0.25) is 5.91 Å². The summed E-state index contributed by atoms with van der Waals surface area (Å²) in [5.41, 5.74) is 0.985. The molecule has 28 heavy (non-hydrogen) atoms. The van der Waals surface area contributed by atoms with Crippen LogP contribution in [0.15, 0.2) is 76.0 Å². The molecule has 0 saturated carbocycles. The van der Waals surface area contributed by atoms with Crippen molar-refractivity contribution >= 4 is 39.1 Å². The van der Waals surface area contributed by atoms with Gasteiger partial charge >= 0.3 is 0 Å². The monoisotopic (exact) mass is 440 g/mol. The summed E-state index contributed by atoms with van der Waals surface area (Å²) in [6.07, 6.45) is 0.0448. The van der Waals surface area contributed by atoms with E-state index in [-0.39, 0.29) is 30.1 Å². The molecule has 2 amide bonds. The van der Waals surface area contributed by atoms with Gasteiger partial charge in [0.05, 0.1) is 6.54 Å². The molecule has 7 nitrogen and oxygen atoms in total. The quantitative estimate of drug-likeness (QED) is 0.614. The van der Waals surface area contributed by atoms with Crippen LogP contribution in [0.1, 0.15) is 16.9 Å². The SMILES string of the molecule is O=C(CCn1nc(C(=O)Nc2ccccc2)ccc1=O)Nc1cccc(Br)c1. The Bertz CT molecular complexity index is 1050. The lowest BCUT2D eigenvalue weighted by Gasteiger charge is -2.09. The van der Waals surface area contributed by atoms with Gasteiger partial charge in [-0.25, -0.2) is 4.68 Å². The minimum Gasteiger partial charge on any atom is -0.326 e. The molecular formula is C20H17BrN4O3. The largest absolute Gasteiger partial charge is 0.326 e. The first kappa shape index (κ1) is 19.5. The summed E-state index contributed by atoms with van der Waals surface area (Å²) in [6, 6.07) is 18.8. The van der Waals surface area contributed by atoms with Crippen LogP contribution in [0.5, 0.6) is 0 Å². The summed E-state index contributed by atoms with van der Waals surface area (Å²) < 4.78 is 1.96. The van der Waals surface area contributed by atoms with Crippen LogP contribution in [-0.2, 0) is 11.3 Å². The van der Waals surface area contributed by atoms with E-state index in [4.69, 9.17) is 0 Å². The highest BCUT2D eigenvalue weighted by atomic mass is 79.9. The van der Waals surface area contributed by atoms with Gasteiger partial charge < -0.3 is 10.6 Å². The molecule has 0 radical (unpaired) electrons. The lowest BCUT2D eigenvalue weighted by molar-refractivity contribution is -0.116. The maximum Gasteiger partial charge on any atom is 0.276 e. The summed E-state index contributed by atoms with van der Waals surface area (Å²) in [7, 11) is 0. The van der Waals surface area contributed by atoms with Gasteiger partial charge in [0.25, 0.3) is 11.5 Å². The first-order valence-corrected chi connectivity index (χ1v) is 9.30. The third-order valence-corrected chi connectivity index (χ3v) is 4.28. The van der Waals surface area contributed by atoms with Crippen molar-refractivity contribution in [3.05, 3.63) is 87.3 Å². The zero-order valence-corrected chi connectivity index (χ0v) is 16.3. The molecule has 0 aliphatic heterocycles. The highest BCUT2D eigenvalue weighted by Gasteiger charge is 2.11. The van der Waals surface area contributed by atoms with E-state index < -0.39 is 5.91 Å². The number of carbonyl (C=O) groups excluding carboxylic acids is 2. The predicted molar refractivity (Wildman–Crippen MR) is 110 cm³/mol. The second-order valence-corrected chi connectivity index (χ2v) is 6.82. The lowest BCUT2D eigenvalue weighted by atomic mass is 10.3. The highest BCUT2D eigenvalue weighted by molar-refractivity contribution is 9.10. The number of anilines is 2. The number of para-hydroxylation sites is 1. The summed E-state index contributed by atoms with van der Waals surface area (Å²) in [5.74, 6) is -0.690. The molecule has 3 rings (SSSR count). The van der Waals surface area contributed by atoms with E-state index in [1.165, 1.54) is 12.1 Å². The molecule has 0 bridgehead atoms. The van der Waals surface area contributed by atoms with E-state index >= 15 is 0 Å². The molecular weight excluding hydrogens is 424 g/mol. The van der Waals surface area contributed by atoms with Crippen LogP contribution in [0.3, 0.4) is 0 Å². The Hall–Kier alpha value is -3.26. The molecule has 8 heteroatoms. The van der Waals surface area contributed by atoms with E-state index in [0.717, 1.165) is 9.15 Å². The molecule has 142 valence electrons. The number of rotatable bonds is 6. The molecule has 0 saturated heterocycles. The van der Waals surface area contributed by atoms with Crippen molar-refractivity contribution in [1.29, 1.82) is 0 Å². The Labute approximate surface area is 169 Å². The topological polar surface area (TPSA) is 93.1 Å². The summed E-state index contributed by atoms with van der Waals surface area (Å²) in [5, 5.41) is 9.52. The second-order valence-electron chi connectivity index (χ2n) is 5.91. The smallest absolute Gasteiger partial charge is 0.276 e. The minimum absolute atomic E-state index is 0.0448. The number of benzene rings is 2. The Morgan fingerprint density at radius 3 is 2.43 bits per heavy atom. The number of nitrogens with one attached hydrogen (secondary N) is 2. The first-order chi connectivity index (χ1) is 13.5. The minimum atomic E-state index is -0.432. The van der Waals surface area contributed by atoms with Crippen molar-refractivity contribution in [2.24, 2.45) is 0 Å². The highest BCUT2D eigenvalue weighted by Crippen LogP contribution is 2.15. The van der Waals surface area contributed by atoms with Crippen LogP contribution in [0.4, 0.5) is 11.4 Å². The van der Waals surface area contributed by atoms with Crippen molar-refractivity contribution in [2.75, 3.05) is 10.6 Å². The second kappa shape index (κ2) is 9.09. The van der Waals surface area contributed by atoms with Crippen LogP contribution >= 0.6 is 15.9 Å². The summed E-state index contributed by atoms with van der Waals surface area (Å²) >= 11 is 3.34. The predicted octanol–water partition coefficient (Wildman–Crippen LogP) is 3.29. The lowest BCUT2D eigenvalue weighted by Crippen LogP contribution is -2.28. The Kier molecular flexibility index (Phi) is 6.33. The summed E-state index contributed by atoms with van der Waals surface area (Å²) in [4.78, 5) is 36.4. The van der Waals surface area contributed by atoms with Crippen molar-refractivity contribution in [1.82, 2.24) is 9.78 Å². The fourth-order valence-electron chi connectivity index (χ4n) is 2.44. The van der Waals surface area contributed by atoms with Crippen molar-refractivity contribution in [3.8, 4) is 0 Å². The zero-order chi connectivity index (χ0) is 19.9. The fraction of sp³-hybridized carbons (Fsp3) is 0.100. The number of hydrogen-bond donors (Lipinski definition) is 2. The van der Waals surface area contributed by atoms with Gasteiger partial charge in [-0.3, -0.25) is 14.4 Å². The molecule has 1 aromatic heterocycles. The molecule has 0 spiro atoms. The average Bonchev–Trinajstić information content (AvgIpc) is 2.68. The van der Waals surface area contributed by atoms with Crippen LogP contribution in [0.25, 0.3) is 0 Å². The van der Waals surface area contributed by atoms with Crippen molar-refractivity contribution in [3.63, 3.8) is 0 Å². The molecule has 0 aliphatic rings. The number of aromatic nitrogens is 2. The number of hydrogen-bond acceptors (Lipinski definition) is 4. The first-order valence-electron chi connectivity index (χ1n) is 8.51.